The van der Waals surface area contributed by atoms with Crippen molar-refractivity contribution >= 4 is 53.2 Å². The average molecular weight is 529 g/mol. The van der Waals surface area contributed by atoms with Gasteiger partial charge in [-0.25, -0.2) is 0 Å². The van der Waals surface area contributed by atoms with Gasteiger partial charge >= 0.3 is 30.2 Å². The molecule has 0 amide bonds. The van der Waals surface area contributed by atoms with Crippen molar-refractivity contribution in [2.45, 2.75) is 0 Å². The molecule has 0 saturated heterocycles. The Morgan fingerprint density at radius 2 is 1.13 bits per heavy atom. The van der Waals surface area contributed by atoms with Gasteiger partial charge in [0.2, 0.25) is 0 Å². The number of halogens is 2. The molecule has 0 N–H and O–H groups in total. The van der Waals surface area contributed by atoms with Gasteiger partial charge in [-0.15, -0.1) is 89.0 Å². The number of benzene rings is 3. The fourth-order valence-electron chi connectivity index (χ4n) is 3.02. The van der Waals surface area contributed by atoms with Crippen molar-refractivity contribution in [1.82, 2.24) is 0 Å². The first-order valence-electron chi connectivity index (χ1n) is 8.46. The van der Waals surface area contributed by atoms with Crippen LogP contribution in [0.5, 0.6) is 0 Å². The van der Waals surface area contributed by atoms with Gasteiger partial charge in [0.1, 0.15) is 0 Å². The summed E-state index contributed by atoms with van der Waals surface area (Å²) in [6, 6.07) is 38.1. The van der Waals surface area contributed by atoms with E-state index in [4.69, 9.17) is 0 Å². The molecule has 0 heterocycles. The van der Waals surface area contributed by atoms with Crippen LogP contribution in [0, 0.1) is 14.9 Å². The molecule has 0 unspecified atom stereocenters. The predicted molar refractivity (Wildman–Crippen MR) is 138 cm³/mol. The first kappa shape index (κ1) is 30.8. The number of rotatable bonds is 1. The zero-order chi connectivity index (χ0) is 18.2. The molecule has 0 aromatic heterocycles. The summed E-state index contributed by atoms with van der Waals surface area (Å²) in [6.07, 6.45) is 0. The summed E-state index contributed by atoms with van der Waals surface area (Å²) in [5, 5.41) is 5.29. The Morgan fingerprint density at radius 3 is 1.73 bits per heavy atom. The topological polar surface area (TPSA) is 0 Å². The second kappa shape index (κ2) is 16.3. The van der Waals surface area contributed by atoms with Crippen molar-refractivity contribution < 1.29 is 23.3 Å². The monoisotopic (exact) mass is 526 g/mol. The summed E-state index contributed by atoms with van der Waals surface area (Å²) in [5.41, 5.74) is 2.59. The molecule has 156 valence electrons. The van der Waals surface area contributed by atoms with Crippen LogP contribution in [0.4, 0.5) is 0 Å². The van der Waals surface area contributed by atoms with Crippen LogP contribution in [-0.4, -0.2) is 6.88 Å². The number of hydrogen-bond acceptors (Lipinski definition) is 0. The van der Waals surface area contributed by atoms with E-state index in [1.54, 1.807) is 0 Å². The maximum Gasteiger partial charge on any atom is -0.0635 e. The van der Waals surface area contributed by atoms with Crippen LogP contribution in [0.2, 0.25) is 0 Å². The molecule has 30 heavy (non-hydrogen) atoms. The first-order valence-corrected chi connectivity index (χ1v) is 12.7. The van der Waals surface area contributed by atoms with Crippen LogP contribution in [0.3, 0.4) is 0 Å². The molecule has 5 aromatic rings. The Labute approximate surface area is 210 Å². The van der Waals surface area contributed by atoms with E-state index < -0.39 is 0 Å². The van der Waals surface area contributed by atoms with E-state index in [1.165, 1.54) is 56.0 Å². The zero-order valence-electron chi connectivity index (χ0n) is 17.2. The van der Waals surface area contributed by atoms with Gasteiger partial charge in [-0.1, -0.05) is 60.2 Å². The Bertz CT molecular complexity index is 1020. The third-order valence-electron chi connectivity index (χ3n) is 4.27. The van der Waals surface area contributed by atoms with Crippen LogP contribution in [0.15, 0.2) is 109 Å². The molecule has 2 radical (unpaired) electrons. The second-order valence-electron chi connectivity index (χ2n) is 5.89. The fraction of sp³-hybridized carbons (Fsp3) is 0. The first-order chi connectivity index (χ1) is 12.9. The molecule has 0 saturated carbocycles. The third kappa shape index (κ3) is 8.00. The number of fused-ring (bicyclic) bond motifs is 2. The molecular formula is C26H26Cl2SiZr-4. The standard InChI is InChI=1S/C15H11.C9H7.2CH3.2ClH.Si.Zr/c1-2-6-12(7-3-1)15-10-13-8-4-5-9-14(13)11-15;1-2-5-9-7-3-6-8(9)4-1;;;;;;/h1-11H;1-7H;2*1H3;2*1H;;/q4*-1;;;;. The summed E-state index contributed by atoms with van der Waals surface area (Å²) >= 11 is 1.36. The van der Waals surface area contributed by atoms with Crippen LogP contribution in [-0.2, 0) is 23.3 Å². The Hall–Kier alpha value is -1.44. The van der Waals surface area contributed by atoms with Crippen LogP contribution in [0.1, 0.15) is 0 Å². The molecule has 5 aromatic carbocycles. The average Bonchev–Trinajstić information content (AvgIpc) is 3.37. The van der Waals surface area contributed by atoms with Gasteiger partial charge in [0.25, 0.3) is 0 Å². The van der Waals surface area contributed by atoms with Gasteiger partial charge in [-0.3, -0.25) is 0 Å². The van der Waals surface area contributed by atoms with Gasteiger partial charge in [-0.2, -0.15) is 17.5 Å². The van der Waals surface area contributed by atoms with E-state index in [-0.39, 0.29) is 39.7 Å². The molecular weight excluding hydrogens is 503 g/mol. The van der Waals surface area contributed by atoms with E-state index in [0.29, 0.717) is 0 Å². The van der Waals surface area contributed by atoms with Crippen molar-refractivity contribution in [3.8, 4) is 11.1 Å². The quantitative estimate of drug-likeness (QED) is 0.152. The summed E-state index contributed by atoms with van der Waals surface area (Å²) in [4.78, 5) is 0. The van der Waals surface area contributed by atoms with E-state index >= 15 is 0 Å². The maximum absolute atomic E-state index is 3.06. The van der Waals surface area contributed by atoms with Gasteiger partial charge in [-0.05, 0) is 0 Å². The summed E-state index contributed by atoms with van der Waals surface area (Å²) in [6.45, 7) is 3.06. The van der Waals surface area contributed by atoms with Gasteiger partial charge in [0.05, 0.1) is 0 Å². The van der Waals surface area contributed by atoms with Crippen molar-refractivity contribution in [3.63, 3.8) is 0 Å². The Morgan fingerprint density at radius 1 is 0.600 bits per heavy atom. The minimum atomic E-state index is 0. The normalized spacial score (nSPS) is 8.50. The predicted octanol–water partition coefficient (Wildman–Crippen LogP) is 8.15. The van der Waals surface area contributed by atoms with Gasteiger partial charge in [0.15, 0.2) is 0 Å². The smallest absolute Gasteiger partial charge is 0.0635 e. The largest absolute Gasteiger partial charge is 0.168 e. The van der Waals surface area contributed by atoms with Crippen molar-refractivity contribution in [3.05, 3.63) is 124 Å². The van der Waals surface area contributed by atoms with E-state index in [0.717, 1.165) is 0 Å². The molecule has 5 rings (SSSR count). The Balaban J connectivity index is 0. The summed E-state index contributed by atoms with van der Waals surface area (Å²) in [7, 11) is 0. The summed E-state index contributed by atoms with van der Waals surface area (Å²) < 4.78 is 0. The van der Waals surface area contributed by atoms with E-state index in [9.17, 15) is 0 Å². The number of hydrogen-bond donors (Lipinski definition) is 0. The molecule has 0 spiro atoms. The van der Waals surface area contributed by atoms with Crippen LogP contribution < -0.4 is 0 Å². The van der Waals surface area contributed by atoms with E-state index in [2.05, 4.69) is 110 Å². The van der Waals surface area contributed by atoms with Gasteiger partial charge < -0.3 is 14.9 Å². The molecule has 0 bridgehead atoms. The van der Waals surface area contributed by atoms with Crippen molar-refractivity contribution in [2.75, 3.05) is 0 Å². The van der Waals surface area contributed by atoms with Crippen molar-refractivity contribution in [2.24, 2.45) is 0 Å². The third-order valence-corrected chi connectivity index (χ3v) is 4.27. The second-order valence-corrected chi connectivity index (χ2v) is 5.89. The molecule has 0 fully saturated rings. The maximum atomic E-state index is 3.06. The minimum Gasteiger partial charge on any atom is -0.168 e. The minimum absolute atomic E-state index is 0. The zero-order valence-corrected chi connectivity index (χ0v) is 22.3. The van der Waals surface area contributed by atoms with Crippen LogP contribution in [0.25, 0.3) is 32.7 Å². The molecule has 0 atom stereocenters. The molecule has 0 nitrogen and oxygen atoms in total. The van der Waals surface area contributed by atoms with E-state index in [1.807, 2.05) is 6.07 Å². The van der Waals surface area contributed by atoms with Crippen LogP contribution >= 0.6 is 24.8 Å². The summed E-state index contributed by atoms with van der Waals surface area (Å²) in [5.74, 6) is 0. The Kier molecular flexibility index (Phi) is 16.7. The SMILES string of the molecule is Cl.Cl.[CH3-].[CH3-].[Si]=[Zr].c1ccc(-c2cc3ccccc3[cH-]2)cc1.c1ccc2[cH-]ccc2c1. The molecule has 4 heteroatoms. The van der Waals surface area contributed by atoms with Crippen molar-refractivity contribution in [1.29, 1.82) is 0 Å². The van der Waals surface area contributed by atoms with Gasteiger partial charge in [0, 0.05) is 0 Å². The molecule has 0 aliphatic heterocycles. The molecule has 0 aliphatic rings. The fourth-order valence-corrected chi connectivity index (χ4v) is 3.02. The molecule has 0 aliphatic carbocycles.